The number of hydrogen-bond donors (Lipinski definition) is 0. The van der Waals surface area contributed by atoms with Crippen LogP contribution in [-0.2, 0) is 6.42 Å². The highest BCUT2D eigenvalue weighted by molar-refractivity contribution is 5.88. The van der Waals surface area contributed by atoms with Crippen LogP contribution in [0.4, 0.5) is 0 Å². The SMILES string of the molecule is C#CC.CC.CCc1cccc2cccc(C)c12. The topological polar surface area (TPSA) is 0 Å². The summed E-state index contributed by atoms with van der Waals surface area (Å²) in [5, 5.41) is 2.80. The fraction of sp³-hybridized carbons (Fsp3) is 0.333. The fourth-order valence-corrected chi connectivity index (χ4v) is 1.91. The molecule has 0 unspecified atom stereocenters. The van der Waals surface area contributed by atoms with Gasteiger partial charge in [-0.05, 0) is 42.2 Å². The second-order valence-electron chi connectivity index (χ2n) is 3.73. The monoisotopic (exact) mass is 240 g/mol. The number of terminal acetylenes is 1. The van der Waals surface area contributed by atoms with Crippen molar-refractivity contribution < 1.29 is 0 Å². The predicted octanol–water partition coefficient (Wildman–Crippen LogP) is 5.38. The first-order valence-corrected chi connectivity index (χ1v) is 6.59. The van der Waals surface area contributed by atoms with Crippen LogP contribution >= 0.6 is 0 Å². The Balaban J connectivity index is 0.000000509. The minimum atomic E-state index is 1.11. The van der Waals surface area contributed by atoms with E-state index in [2.05, 4.69) is 62.6 Å². The van der Waals surface area contributed by atoms with Gasteiger partial charge >= 0.3 is 0 Å². The Kier molecular flexibility index (Phi) is 8.41. The maximum atomic E-state index is 4.60. The first-order chi connectivity index (χ1) is 8.74. The fourth-order valence-electron chi connectivity index (χ4n) is 1.91. The van der Waals surface area contributed by atoms with Gasteiger partial charge in [-0.3, -0.25) is 0 Å². The number of aryl methyl sites for hydroxylation is 2. The second-order valence-corrected chi connectivity index (χ2v) is 3.73. The van der Waals surface area contributed by atoms with Gasteiger partial charge in [0, 0.05) is 0 Å². The van der Waals surface area contributed by atoms with E-state index in [0.717, 1.165) is 6.42 Å². The molecule has 0 heterocycles. The van der Waals surface area contributed by atoms with E-state index < -0.39 is 0 Å². The van der Waals surface area contributed by atoms with Gasteiger partial charge in [0.15, 0.2) is 0 Å². The van der Waals surface area contributed by atoms with Crippen LogP contribution < -0.4 is 0 Å². The number of rotatable bonds is 1. The highest BCUT2D eigenvalue weighted by Gasteiger charge is 2.00. The maximum absolute atomic E-state index is 4.60. The zero-order valence-electron chi connectivity index (χ0n) is 12.2. The molecule has 0 amide bonds. The molecular weight excluding hydrogens is 216 g/mol. The maximum Gasteiger partial charge on any atom is -0.00297 e. The van der Waals surface area contributed by atoms with Crippen LogP contribution in [0.25, 0.3) is 10.8 Å². The summed E-state index contributed by atoms with van der Waals surface area (Å²) in [5.74, 6) is 2.25. The minimum absolute atomic E-state index is 1.11. The van der Waals surface area contributed by atoms with E-state index in [0.29, 0.717) is 0 Å². The average Bonchev–Trinajstić information content (AvgIpc) is 2.41. The van der Waals surface area contributed by atoms with Crippen molar-refractivity contribution >= 4 is 10.8 Å². The van der Waals surface area contributed by atoms with Crippen molar-refractivity contribution in [1.29, 1.82) is 0 Å². The lowest BCUT2D eigenvalue weighted by atomic mass is 9.99. The van der Waals surface area contributed by atoms with Gasteiger partial charge in [0.1, 0.15) is 0 Å². The van der Waals surface area contributed by atoms with Crippen LogP contribution in [0.2, 0.25) is 0 Å². The molecule has 0 N–H and O–H groups in total. The lowest BCUT2D eigenvalue weighted by Gasteiger charge is -2.06. The average molecular weight is 240 g/mol. The number of fused-ring (bicyclic) bond motifs is 1. The highest BCUT2D eigenvalue weighted by atomic mass is 14.0. The molecule has 0 spiro atoms. The molecule has 0 nitrogen and oxygen atoms in total. The van der Waals surface area contributed by atoms with E-state index in [9.17, 15) is 0 Å². The Bertz CT molecular complexity index is 496. The summed E-state index contributed by atoms with van der Waals surface area (Å²) in [6.45, 7) is 10.0. The van der Waals surface area contributed by atoms with E-state index in [1.54, 1.807) is 6.92 Å². The largest absolute Gasteiger partial charge is 0.120 e. The summed E-state index contributed by atoms with van der Waals surface area (Å²) in [6, 6.07) is 13.0. The normalized spacial score (nSPS) is 8.44. The molecule has 0 aliphatic heterocycles. The Morgan fingerprint density at radius 2 is 1.56 bits per heavy atom. The van der Waals surface area contributed by atoms with Crippen LogP contribution in [-0.4, -0.2) is 0 Å². The molecule has 0 aromatic heterocycles. The van der Waals surface area contributed by atoms with E-state index >= 15 is 0 Å². The van der Waals surface area contributed by atoms with E-state index in [1.165, 1.54) is 21.9 Å². The lowest BCUT2D eigenvalue weighted by molar-refractivity contribution is 1.16. The van der Waals surface area contributed by atoms with Gasteiger partial charge in [0.2, 0.25) is 0 Å². The number of benzene rings is 2. The molecule has 2 aromatic rings. The van der Waals surface area contributed by atoms with Crippen LogP contribution in [0.1, 0.15) is 38.8 Å². The highest BCUT2D eigenvalue weighted by Crippen LogP contribution is 2.22. The van der Waals surface area contributed by atoms with Gasteiger partial charge in [0.05, 0.1) is 0 Å². The van der Waals surface area contributed by atoms with E-state index in [1.807, 2.05) is 13.8 Å². The third-order valence-electron chi connectivity index (χ3n) is 2.58. The Morgan fingerprint density at radius 1 is 1.06 bits per heavy atom. The van der Waals surface area contributed by atoms with Crippen LogP contribution in [0.5, 0.6) is 0 Å². The van der Waals surface area contributed by atoms with E-state index in [-0.39, 0.29) is 0 Å². The summed E-state index contributed by atoms with van der Waals surface area (Å²) < 4.78 is 0. The molecule has 0 bridgehead atoms. The van der Waals surface area contributed by atoms with Crippen molar-refractivity contribution in [3.63, 3.8) is 0 Å². The lowest BCUT2D eigenvalue weighted by Crippen LogP contribution is -1.85. The van der Waals surface area contributed by atoms with Crippen molar-refractivity contribution in [2.45, 2.75) is 41.0 Å². The zero-order chi connectivity index (χ0) is 14.0. The van der Waals surface area contributed by atoms with Crippen molar-refractivity contribution in [1.82, 2.24) is 0 Å². The molecule has 0 aliphatic rings. The number of hydrogen-bond acceptors (Lipinski definition) is 0. The summed E-state index contributed by atoms with van der Waals surface area (Å²) in [5.41, 5.74) is 2.84. The van der Waals surface area contributed by atoms with Gasteiger partial charge in [0.25, 0.3) is 0 Å². The van der Waals surface area contributed by atoms with Crippen LogP contribution in [0.15, 0.2) is 36.4 Å². The quantitative estimate of drug-likeness (QED) is 0.587. The van der Waals surface area contributed by atoms with Gasteiger partial charge in [-0.15, -0.1) is 12.3 Å². The molecular formula is C18H24. The first kappa shape index (κ1) is 16.3. The molecule has 0 saturated heterocycles. The van der Waals surface area contributed by atoms with E-state index in [4.69, 9.17) is 0 Å². The first-order valence-electron chi connectivity index (χ1n) is 6.59. The molecule has 2 rings (SSSR count). The molecule has 2 aromatic carbocycles. The molecule has 18 heavy (non-hydrogen) atoms. The van der Waals surface area contributed by atoms with Crippen molar-refractivity contribution in [3.8, 4) is 12.3 Å². The third-order valence-corrected chi connectivity index (χ3v) is 2.58. The van der Waals surface area contributed by atoms with Gasteiger partial charge in [-0.25, -0.2) is 0 Å². The summed E-state index contributed by atoms with van der Waals surface area (Å²) >= 11 is 0. The standard InChI is InChI=1S/C13H14.C3H4.C2H6/c1-3-11-7-5-9-12-8-4-6-10(2)13(11)12;1-3-2;1-2/h4-9H,3H2,1-2H3;1H,2H3;1-2H3. The van der Waals surface area contributed by atoms with Crippen molar-refractivity contribution in [2.75, 3.05) is 0 Å². The van der Waals surface area contributed by atoms with Crippen LogP contribution in [0, 0.1) is 19.3 Å². The Morgan fingerprint density at radius 3 is 2.06 bits per heavy atom. The molecule has 0 saturated carbocycles. The molecule has 0 atom stereocenters. The van der Waals surface area contributed by atoms with Gasteiger partial charge in [-0.1, -0.05) is 57.2 Å². The Hall–Kier alpha value is -1.74. The van der Waals surface area contributed by atoms with Crippen molar-refractivity contribution in [3.05, 3.63) is 47.5 Å². The minimum Gasteiger partial charge on any atom is -0.120 e. The zero-order valence-corrected chi connectivity index (χ0v) is 12.2. The molecule has 0 radical (unpaired) electrons. The summed E-state index contributed by atoms with van der Waals surface area (Å²) in [6.07, 6.45) is 5.71. The Labute approximate surface area is 112 Å². The van der Waals surface area contributed by atoms with Crippen molar-refractivity contribution in [2.24, 2.45) is 0 Å². The van der Waals surface area contributed by atoms with Gasteiger partial charge < -0.3 is 0 Å². The summed E-state index contributed by atoms with van der Waals surface area (Å²) in [4.78, 5) is 0. The van der Waals surface area contributed by atoms with Crippen LogP contribution in [0.3, 0.4) is 0 Å². The molecule has 96 valence electrons. The molecule has 0 heteroatoms. The third kappa shape index (κ3) is 4.26. The molecule has 0 aliphatic carbocycles. The second kappa shape index (κ2) is 9.31. The summed E-state index contributed by atoms with van der Waals surface area (Å²) in [7, 11) is 0. The predicted molar refractivity (Wildman–Crippen MR) is 83.9 cm³/mol. The van der Waals surface area contributed by atoms with Gasteiger partial charge in [-0.2, -0.15) is 0 Å². The smallest absolute Gasteiger partial charge is 0.00297 e. The molecule has 0 fully saturated rings.